The highest BCUT2D eigenvalue weighted by Crippen LogP contribution is 2.25. The molecule has 0 amide bonds. The fraction of sp³-hybridized carbons (Fsp3) is 0.0833. The maximum atomic E-state index is 12.6. The third-order valence-electron chi connectivity index (χ3n) is 2.87. The van der Waals surface area contributed by atoms with Gasteiger partial charge in [0.05, 0.1) is 16.9 Å². The number of alkyl halides is 3. The molecule has 0 radical (unpaired) electrons. The van der Waals surface area contributed by atoms with Crippen molar-refractivity contribution < 1.29 is 21.6 Å². The van der Waals surface area contributed by atoms with Gasteiger partial charge in [-0.15, -0.1) is 0 Å². The van der Waals surface area contributed by atoms with Gasteiger partial charge in [0.25, 0.3) is 15.8 Å². The van der Waals surface area contributed by atoms with Crippen LogP contribution in [-0.4, -0.2) is 18.0 Å². The molecule has 0 bridgehead atoms. The molecule has 0 atom stereocenters. The third kappa shape index (κ3) is 4.05. The maximum Gasteiger partial charge on any atom is 0.431 e. The van der Waals surface area contributed by atoms with Crippen LogP contribution < -0.4 is 21.1 Å². The third-order valence-corrected chi connectivity index (χ3v) is 3.38. The van der Waals surface area contributed by atoms with Crippen molar-refractivity contribution in [1.29, 1.82) is 5.26 Å². The van der Waals surface area contributed by atoms with Crippen LogP contribution >= 0.6 is 0 Å². The first kappa shape index (κ1) is 18.2. The normalized spacial score (nSPS) is 11.8. The highest BCUT2D eigenvalue weighted by Gasteiger charge is 2.33. The van der Waals surface area contributed by atoms with Crippen LogP contribution in [0.4, 0.5) is 18.9 Å². The zero-order chi connectivity index (χ0) is 19.0. The topological polar surface area (TPSA) is 151 Å². The van der Waals surface area contributed by atoms with E-state index < -0.39 is 33.3 Å². The lowest BCUT2D eigenvalue weighted by molar-refractivity contribution is -0.141. The van der Waals surface area contributed by atoms with Crippen molar-refractivity contribution in [3.05, 3.63) is 56.4 Å². The van der Waals surface area contributed by atoms with Gasteiger partial charge in [0.15, 0.2) is 0 Å². The standard InChI is InChI=1S/C12H8F3N5O4S/c13-12(14,15)9-4-10(21)20(11(22)18-9)7-2-1-6(5-16)8(3-7)19-25(17,23)24/h1-4,19H,(H,18,22)(H2,17,23,24). The molecular formula is C12H8F3N5O4S. The summed E-state index contributed by atoms with van der Waals surface area (Å²) in [6, 6.07) is 4.88. The van der Waals surface area contributed by atoms with Crippen LogP contribution in [0.15, 0.2) is 33.9 Å². The second kappa shape index (κ2) is 6.07. The van der Waals surface area contributed by atoms with Gasteiger partial charge in [-0.2, -0.15) is 26.9 Å². The number of nitrogens with zero attached hydrogens (tertiary/aromatic N) is 2. The highest BCUT2D eigenvalue weighted by molar-refractivity contribution is 7.90. The van der Waals surface area contributed by atoms with Gasteiger partial charge >= 0.3 is 11.9 Å². The minimum Gasteiger partial charge on any atom is -0.303 e. The summed E-state index contributed by atoms with van der Waals surface area (Å²) in [6.45, 7) is 0. The second-order valence-electron chi connectivity index (χ2n) is 4.65. The van der Waals surface area contributed by atoms with Crippen molar-refractivity contribution in [3.8, 4) is 11.8 Å². The van der Waals surface area contributed by atoms with Crippen LogP contribution in [-0.2, 0) is 16.4 Å². The van der Waals surface area contributed by atoms with Crippen molar-refractivity contribution in [3.63, 3.8) is 0 Å². The van der Waals surface area contributed by atoms with Crippen molar-refractivity contribution in [2.24, 2.45) is 5.14 Å². The minimum absolute atomic E-state index is 0.173. The van der Waals surface area contributed by atoms with Crippen molar-refractivity contribution in [2.45, 2.75) is 6.18 Å². The number of aromatic amines is 1. The fourth-order valence-corrected chi connectivity index (χ4v) is 2.37. The molecule has 0 saturated heterocycles. The summed E-state index contributed by atoms with van der Waals surface area (Å²) >= 11 is 0. The van der Waals surface area contributed by atoms with Gasteiger partial charge in [-0.3, -0.25) is 9.52 Å². The SMILES string of the molecule is N#Cc1ccc(-n2c(=O)cc(C(F)(F)F)[nH]c2=O)cc1NS(N)(=O)=O. The second-order valence-corrected chi connectivity index (χ2v) is 5.94. The average molecular weight is 375 g/mol. The Morgan fingerprint density at radius 1 is 1.24 bits per heavy atom. The van der Waals surface area contributed by atoms with Crippen LogP contribution in [0, 0.1) is 11.3 Å². The summed E-state index contributed by atoms with van der Waals surface area (Å²) in [5, 5.41) is 13.7. The van der Waals surface area contributed by atoms with Gasteiger partial charge in [-0.1, -0.05) is 0 Å². The lowest BCUT2D eigenvalue weighted by Crippen LogP contribution is -2.35. The van der Waals surface area contributed by atoms with Gasteiger partial charge in [-0.05, 0) is 18.2 Å². The molecule has 1 heterocycles. The number of nitrogens with one attached hydrogen (secondary N) is 2. The molecule has 0 aliphatic carbocycles. The molecule has 0 aliphatic heterocycles. The van der Waals surface area contributed by atoms with Crippen LogP contribution in [0.1, 0.15) is 11.3 Å². The summed E-state index contributed by atoms with van der Waals surface area (Å²) in [5.41, 5.74) is -5.04. The summed E-state index contributed by atoms with van der Waals surface area (Å²) in [4.78, 5) is 25.2. The molecule has 1 aromatic heterocycles. The first-order valence-corrected chi connectivity index (χ1v) is 7.75. The number of anilines is 1. The number of rotatable bonds is 3. The van der Waals surface area contributed by atoms with Gasteiger partial charge in [-0.25, -0.2) is 14.5 Å². The van der Waals surface area contributed by atoms with Crippen LogP contribution in [0.5, 0.6) is 0 Å². The van der Waals surface area contributed by atoms with Gasteiger partial charge in [0.2, 0.25) is 0 Å². The molecule has 0 fully saturated rings. The maximum absolute atomic E-state index is 12.6. The van der Waals surface area contributed by atoms with Crippen LogP contribution in [0.2, 0.25) is 0 Å². The molecule has 0 saturated carbocycles. The molecule has 0 unspecified atom stereocenters. The van der Waals surface area contributed by atoms with Gasteiger partial charge in [0, 0.05) is 6.07 Å². The Morgan fingerprint density at radius 3 is 2.36 bits per heavy atom. The fourth-order valence-electron chi connectivity index (χ4n) is 1.90. The number of halogens is 3. The molecule has 2 aromatic rings. The Bertz CT molecular complexity index is 1060. The monoisotopic (exact) mass is 375 g/mol. The van der Waals surface area contributed by atoms with Crippen molar-refractivity contribution in [1.82, 2.24) is 9.55 Å². The molecule has 0 aliphatic rings. The molecule has 1 aromatic carbocycles. The Morgan fingerprint density at radius 2 is 1.88 bits per heavy atom. The molecule has 13 heteroatoms. The number of aromatic nitrogens is 2. The lowest BCUT2D eigenvalue weighted by atomic mass is 10.2. The number of benzene rings is 1. The number of hydrogen-bond acceptors (Lipinski definition) is 5. The predicted molar refractivity (Wildman–Crippen MR) is 79.1 cm³/mol. The minimum atomic E-state index is -4.93. The van der Waals surface area contributed by atoms with Gasteiger partial charge < -0.3 is 4.98 Å². The Balaban J connectivity index is 2.68. The smallest absolute Gasteiger partial charge is 0.303 e. The van der Waals surface area contributed by atoms with Gasteiger partial charge in [0.1, 0.15) is 11.8 Å². The average Bonchev–Trinajstić information content (AvgIpc) is 2.44. The summed E-state index contributed by atoms with van der Waals surface area (Å²) in [5.74, 6) is 0. The number of nitrogens with two attached hydrogens (primary N) is 1. The van der Waals surface area contributed by atoms with Crippen LogP contribution in [0.25, 0.3) is 5.69 Å². The van der Waals surface area contributed by atoms with E-state index in [9.17, 15) is 31.2 Å². The predicted octanol–water partition coefficient (Wildman–Crippen LogP) is 0.0317. The van der Waals surface area contributed by atoms with E-state index in [2.05, 4.69) is 0 Å². The largest absolute Gasteiger partial charge is 0.431 e. The number of nitriles is 1. The van der Waals surface area contributed by atoms with E-state index in [1.54, 1.807) is 10.8 Å². The zero-order valence-corrected chi connectivity index (χ0v) is 12.8. The van der Waals surface area contributed by atoms with E-state index in [1.165, 1.54) is 4.98 Å². The first-order chi connectivity index (χ1) is 11.4. The van der Waals surface area contributed by atoms with E-state index in [4.69, 9.17) is 10.4 Å². The van der Waals surface area contributed by atoms with Crippen LogP contribution in [0.3, 0.4) is 0 Å². The summed E-state index contributed by atoms with van der Waals surface area (Å²) < 4.78 is 62.1. The van der Waals surface area contributed by atoms with E-state index >= 15 is 0 Å². The van der Waals surface area contributed by atoms with E-state index in [0.717, 1.165) is 18.2 Å². The van der Waals surface area contributed by atoms with E-state index in [-0.39, 0.29) is 23.0 Å². The molecule has 25 heavy (non-hydrogen) atoms. The number of H-pyrrole nitrogens is 1. The summed E-state index contributed by atoms with van der Waals surface area (Å²) in [7, 11) is -4.28. The van der Waals surface area contributed by atoms with E-state index in [0.29, 0.717) is 4.57 Å². The Labute approximate surface area is 137 Å². The van der Waals surface area contributed by atoms with E-state index in [1.807, 2.05) is 0 Å². The molecule has 0 spiro atoms. The molecule has 132 valence electrons. The Kier molecular flexibility index (Phi) is 4.43. The van der Waals surface area contributed by atoms with Crippen molar-refractivity contribution >= 4 is 15.9 Å². The lowest BCUT2D eigenvalue weighted by Gasteiger charge is -2.11. The molecule has 2 rings (SSSR count). The summed E-state index contributed by atoms with van der Waals surface area (Å²) in [6.07, 6.45) is -4.93. The number of hydrogen-bond donors (Lipinski definition) is 3. The Hall–Kier alpha value is -3.11. The molecular weight excluding hydrogens is 367 g/mol. The molecule has 4 N–H and O–H groups in total. The zero-order valence-electron chi connectivity index (χ0n) is 12.0. The highest BCUT2D eigenvalue weighted by atomic mass is 32.2. The van der Waals surface area contributed by atoms with Crippen molar-refractivity contribution in [2.75, 3.05) is 4.72 Å². The first-order valence-electron chi connectivity index (χ1n) is 6.21. The quantitative estimate of drug-likeness (QED) is 0.691. The molecule has 9 nitrogen and oxygen atoms in total.